The fourth-order valence-electron chi connectivity index (χ4n) is 2.30. The Labute approximate surface area is 109 Å². The number of nitrogens with two attached hydrogens (primary N) is 1. The van der Waals surface area contributed by atoms with Gasteiger partial charge in [-0.25, -0.2) is 13.6 Å². The van der Waals surface area contributed by atoms with E-state index in [9.17, 15) is 8.42 Å². The first-order valence-corrected chi connectivity index (χ1v) is 7.80. The summed E-state index contributed by atoms with van der Waals surface area (Å²) in [5.41, 5.74) is 0.953. The van der Waals surface area contributed by atoms with Crippen LogP contribution in [-0.2, 0) is 10.0 Å². The third-order valence-electron chi connectivity index (χ3n) is 3.67. The van der Waals surface area contributed by atoms with Crippen LogP contribution in [0.25, 0.3) is 0 Å². The van der Waals surface area contributed by atoms with Crippen LogP contribution in [0, 0.1) is 11.8 Å². The Morgan fingerprint density at radius 1 is 1.22 bits per heavy atom. The summed E-state index contributed by atoms with van der Waals surface area (Å²) in [7, 11) is -3.59. The van der Waals surface area contributed by atoms with Crippen LogP contribution in [0.3, 0.4) is 0 Å². The third kappa shape index (κ3) is 3.03. The molecule has 0 aliphatic heterocycles. The van der Waals surface area contributed by atoms with Crippen LogP contribution in [0.4, 0.5) is 5.69 Å². The van der Waals surface area contributed by atoms with E-state index >= 15 is 0 Å². The number of rotatable bonds is 4. The molecule has 0 amide bonds. The van der Waals surface area contributed by atoms with Crippen LogP contribution in [0.5, 0.6) is 0 Å². The second-order valence-corrected chi connectivity index (χ2v) is 6.95. The van der Waals surface area contributed by atoms with Crippen molar-refractivity contribution in [1.82, 2.24) is 0 Å². The lowest BCUT2D eigenvalue weighted by atomic mass is 9.73. The zero-order valence-corrected chi connectivity index (χ0v) is 11.6. The standard InChI is InChI=1S/C13H20N2O2S/c1-9(2)10-7-12(8-10)15-11-3-5-13(6-4-11)18(14,16)17/h3-6,9-10,12,15H,7-8H2,1-2H3,(H2,14,16,17). The monoisotopic (exact) mass is 268 g/mol. The first-order chi connectivity index (χ1) is 8.36. The number of benzene rings is 1. The van der Waals surface area contributed by atoms with Crippen molar-refractivity contribution in [3.8, 4) is 0 Å². The molecule has 4 nitrogen and oxygen atoms in total. The lowest BCUT2D eigenvalue weighted by Crippen LogP contribution is -2.37. The SMILES string of the molecule is CC(C)C1CC(Nc2ccc(S(N)(=O)=O)cc2)C1. The molecule has 18 heavy (non-hydrogen) atoms. The van der Waals surface area contributed by atoms with Crippen molar-refractivity contribution in [3.05, 3.63) is 24.3 Å². The first kappa shape index (κ1) is 13.4. The van der Waals surface area contributed by atoms with Gasteiger partial charge in [0, 0.05) is 11.7 Å². The van der Waals surface area contributed by atoms with Gasteiger partial charge in [0.1, 0.15) is 0 Å². The van der Waals surface area contributed by atoms with E-state index in [1.54, 1.807) is 12.1 Å². The van der Waals surface area contributed by atoms with Crippen LogP contribution in [0.15, 0.2) is 29.2 Å². The lowest BCUT2D eigenvalue weighted by Gasteiger charge is -2.39. The summed E-state index contributed by atoms with van der Waals surface area (Å²) in [6.45, 7) is 4.50. The van der Waals surface area contributed by atoms with Crippen molar-refractivity contribution in [2.24, 2.45) is 17.0 Å². The van der Waals surface area contributed by atoms with Crippen molar-refractivity contribution >= 4 is 15.7 Å². The van der Waals surface area contributed by atoms with E-state index in [0.717, 1.165) is 17.5 Å². The Kier molecular flexibility index (Phi) is 3.64. The van der Waals surface area contributed by atoms with Gasteiger partial charge in [0.2, 0.25) is 10.0 Å². The van der Waals surface area contributed by atoms with E-state index in [1.165, 1.54) is 25.0 Å². The van der Waals surface area contributed by atoms with Crippen LogP contribution in [-0.4, -0.2) is 14.5 Å². The van der Waals surface area contributed by atoms with Crippen LogP contribution in [0.1, 0.15) is 26.7 Å². The summed E-state index contributed by atoms with van der Waals surface area (Å²) in [5, 5.41) is 8.45. The Morgan fingerprint density at radius 3 is 2.22 bits per heavy atom. The molecule has 0 aromatic heterocycles. The van der Waals surface area contributed by atoms with Crippen LogP contribution in [0.2, 0.25) is 0 Å². The van der Waals surface area contributed by atoms with Gasteiger partial charge in [-0.15, -0.1) is 0 Å². The molecular formula is C13H20N2O2S. The van der Waals surface area contributed by atoms with E-state index in [1.807, 2.05) is 0 Å². The molecule has 0 spiro atoms. The van der Waals surface area contributed by atoms with Crippen molar-refractivity contribution in [3.63, 3.8) is 0 Å². The summed E-state index contributed by atoms with van der Waals surface area (Å²) < 4.78 is 22.2. The van der Waals surface area contributed by atoms with Crippen LogP contribution >= 0.6 is 0 Å². The quantitative estimate of drug-likeness (QED) is 0.879. The van der Waals surface area contributed by atoms with E-state index in [-0.39, 0.29) is 4.90 Å². The minimum absolute atomic E-state index is 0.154. The summed E-state index contributed by atoms with van der Waals surface area (Å²) in [6.07, 6.45) is 2.38. The molecule has 1 aromatic carbocycles. The fraction of sp³-hybridized carbons (Fsp3) is 0.538. The Balaban J connectivity index is 1.93. The van der Waals surface area contributed by atoms with E-state index in [4.69, 9.17) is 5.14 Å². The highest BCUT2D eigenvalue weighted by atomic mass is 32.2. The number of sulfonamides is 1. The van der Waals surface area contributed by atoms with Gasteiger partial charge in [-0.3, -0.25) is 0 Å². The van der Waals surface area contributed by atoms with E-state index in [0.29, 0.717) is 6.04 Å². The summed E-state index contributed by atoms with van der Waals surface area (Å²) >= 11 is 0. The average molecular weight is 268 g/mol. The highest BCUT2D eigenvalue weighted by Gasteiger charge is 2.30. The summed E-state index contributed by atoms with van der Waals surface area (Å²) in [6, 6.07) is 7.12. The minimum Gasteiger partial charge on any atom is -0.382 e. The lowest BCUT2D eigenvalue weighted by molar-refractivity contribution is 0.212. The predicted molar refractivity (Wildman–Crippen MR) is 72.8 cm³/mol. The van der Waals surface area contributed by atoms with Crippen LogP contribution < -0.4 is 10.5 Å². The van der Waals surface area contributed by atoms with Crippen molar-refractivity contribution in [1.29, 1.82) is 0 Å². The number of nitrogens with one attached hydrogen (secondary N) is 1. The largest absolute Gasteiger partial charge is 0.382 e. The number of hydrogen-bond donors (Lipinski definition) is 2. The zero-order chi connectivity index (χ0) is 13.3. The molecule has 1 aliphatic carbocycles. The van der Waals surface area contributed by atoms with Crippen molar-refractivity contribution in [2.45, 2.75) is 37.6 Å². The number of primary sulfonamides is 1. The maximum absolute atomic E-state index is 11.1. The maximum atomic E-state index is 11.1. The predicted octanol–water partition coefficient (Wildman–Crippen LogP) is 2.18. The highest BCUT2D eigenvalue weighted by molar-refractivity contribution is 7.89. The summed E-state index contributed by atoms with van der Waals surface area (Å²) in [4.78, 5) is 0.154. The molecular weight excluding hydrogens is 248 g/mol. The molecule has 3 N–H and O–H groups in total. The summed E-state index contributed by atoms with van der Waals surface area (Å²) in [5.74, 6) is 1.55. The molecule has 0 heterocycles. The molecule has 1 aliphatic rings. The first-order valence-electron chi connectivity index (χ1n) is 6.25. The molecule has 0 atom stereocenters. The fourth-order valence-corrected chi connectivity index (χ4v) is 2.82. The molecule has 0 radical (unpaired) electrons. The van der Waals surface area contributed by atoms with E-state index < -0.39 is 10.0 Å². The van der Waals surface area contributed by atoms with Gasteiger partial charge in [0.05, 0.1) is 4.90 Å². The van der Waals surface area contributed by atoms with Gasteiger partial charge < -0.3 is 5.32 Å². The van der Waals surface area contributed by atoms with Gasteiger partial charge in [0.25, 0.3) is 0 Å². The van der Waals surface area contributed by atoms with Crippen molar-refractivity contribution < 1.29 is 8.42 Å². The molecule has 0 bridgehead atoms. The molecule has 1 fully saturated rings. The van der Waals surface area contributed by atoms with Gasteiger partial charge in [-0.05, 0) is 48.9 Å². The third-order valence-corrected chi connectivity index (χ3v) is 4.60. The molecule has 5 heteroatoms. The second-order valence-electron chi connectivity index (χ2n) is 5.39. The van der Waals surface area contributed by atoms with E-state index in [2.05, 4.69) is 19.2 Å². The smallest absolute Gasteiger partial charge is 0.238 e. The maximum Gasteiger partial charge on any atom is 0.238 e. The number of anilines is 1. The number of hydrogen-bond acceptors (Lipinski definition) is 3. The van der Waals surface area contributed by atoms with Gasteiger partial charge in [-0.2, -0.15) is 0 Å². The highest BCUT2D eigenvalue weighted by Crippen LogP contribution is 2.35. The van der Waals surface area contributed by atoms with Gasteiger partial charge in [0.15, 0.2) is 0 Å². The normalized spacial score (nSPS) is 23.8. The molecule has 100 valence electrons. The second kappa shape index (κ2) is 4.90. The molecule has 0 unspecified atom stereocenters. The van der Waals surface area contributed by atoms with Gasteiger partial charge >= 0.3 is 0 Å². The Morgan fingerprint density at radius 2 is 1.78 bits per heavy atom. The average Bonchev–Trinajstić information content (AvgIpc) is 2.21. The zero-order valence-electron chi connectivity index (χ0n) is 10.8. The topological polar surface area (TPSA) is 72.2 Å². The molecule has 1 aromatic rings. The molecule has 0 saturated heterocycles. The Hall–Kier alpha value is -1.07. The Bertz CT molecular complexity index is 502. The van der Waals surface area contributed by atoms with Gasteiger partial charge in [-0.1, -0.05) is 13.8 Å². The molecule has 2 rings (SSSR count). The minimum atomic E-state index is -3.59. The molecule has 1 saturated carbocycles. The van der Waals surface area contributed by atoms with Crippen molar-refractivity contribution in [2.75, 3.05) is 5.32 Å².